The zero-order chi connectivity index (χ0) is 21.0. The molecule has 0 radical (unpaired) electrons. The number of nitrogens with one attached hydrogen (secondary N) is 2. The van der Waals surface area contributed by atoms with Crippen molar-refractivity contribution in [2.75, 3.05) is 4.72 Å². The van der Waals surface area contributed by atoms with Crippen molar-refractivity contribution in [3.63, 3.8) is 0 Å². The maximum atomic E-state index is 13.0. The third kappa shape index (κ3) is 5.00. The summed E-state index contributed by atoms with van der Waals surface area (Å²) in [6.07, 6.45) is 3.30. The van der Waals surface area contributed by atoms with E-state index in [4.69, 9.17) is 0 Å². The summed E-state index contributed by atoms with van der Waals surface area (Å²) < 4.78 is 28.6. The predicted octanol–water partition coefficient (Wildman–Crippen LogP) is 3.74. The van der Waals surface area contributed by atoms with E-state index >= 15 is 0 Å². The summed E-state index contributed by atoms with van der Waals surface area (Å²) in [5.41, 5.74) is 4.15. The number of carbonyl (C=O) groups is 1. The maximum Gasteiger partial charge on any atom is 0.262 e. The van der Waals surface area contributed by atoms with Crippen LogP contribution in [0.25, 0.3) is 0 Å². The molecule has 150 valence electrons. The van der Waals surface area contributed by atoms with Crippen LogP contribution in [0.15, 0.2) is 65.8 Å². The monoisotopic (exact) mass is 409 g/mol. The number of sulfonamides is 1. The summed E-state index contributed by atoms with van der Waals surface area (Å²) in [7, 11) is -3.84. The van der Waals surface area contributed by atoms with E-state index in [1.54, 1.807) is 49.6 Å². The Kier molecular flexibility index (Phi) is 5.98. The van der Waals surface area contributed by atoms with Crippen molar-refractivity contribution in [3.05, 3.63) is 88.7 Å². The molecule has 0 bridgehead atoms. The first kappa shape index (κ1) is 20.5. The van der Waals surface area contributed by atoms with Crippen molar-refractivity contribution in [3.8, 4) is 0 Å². The molecule has 0 aliphatic rings. The Bertz CT molecular complexity index is 1140. The number of carbonyl (C=O) groups excluding carboxylic acids is 1. The molecule has 0 unspecified atom stereocenters. The van der Waals surface area contributed by atoms with Crippen molar-refractivity contribution in [1.29, 1.82) is 0 Å². The lowest BCUT2D eigenvalue weighted by Crippen LogP contribution is -2.23. The van der Waals surface area contributed by atoms with Crippen LogP contribution >= 0.6 is 0 Å². The molecule has 7 heteroatoms. The van der Waals surface area contributed by atoms with Crippen molar-refractivity contribution >= 4 is 21.6 Å². The number of hydrogen-bond donors (Lipinski definition) is 2. The molecule has 3 rings (SSSR count). The van der Waals surface area contributed by atoms with Crippen LogP contribution in [0.1, 0.15) is 32.6 Å². The number of nitrogens with zero attached hydrogens (tertiary/aromatic N) is 1. The van der Waals surface area contributed by atoms with Crippen LogP contribution in [0.5, 0.6) is 0 Å². The molecule has 1 aromatic heterocycles. The van der Waals surface area contributed by atoms with Gasteiger partial charge in [-0.15, -0.1) is 0 Å². The standard InChI is InChI=1S/C22H23N3O3S/c1-15-4-7-20(17(3)12-15)25-29(27,28)21-13-19(6-5-16(21)2)22(26)24-14-18-8-10-23-11-9-18/h4-13,25H,14H2,1-3H3,(H,24,26). The lowest BCUT2D eigenvalue weighted by atomic mass is 10.1. The molecule has 3 aromatic rings. The Morgan fingerprint density at radius 1 is 0.931 bits per heavy atom. The molecule has 0 aliphatic carbocycles. The summed E-state index contributed by atoms with van der Waals surface area (Å²) in [6, 6.07) is 13.8. The van der Waals surface area contributed by atoms with Crippen LogP contribution in [0.3, 0.4) is 0 Å². The number of anilines is 1. The van der Waals surface area contributed by atoms with Gasteiger partial charge in [-0.2, -0.15) is 0 Å². The Morgan fingerprint density at radius 3 is 2.34 bits per heavy atom. The fourth-order valence-corrected chi connectivity index (χ4v) is 4.35. The molecule has 0 aliphatic heterocycles. The second kappa shape index (κ2) is 8.45. The minimum atomic E-state index is -3.84. The predicted molar refractivity (Wildman–Crippen MR) is 113 cm³/mol. The summed E-state index contributed by atoms with van der Waals surface area (Å²) in [5.74, 6) is -0.343. The fraction of sp³-hybridized carbons (Fsp3) is 0.182. The SMILES string of the molecule is Cc1ccc(NS(=O)(=O)c2cc(C(=O)NCc3ccncc3)ccc2C)c(C)c1. The van der Waals surface area contributed by atoms with E-state index in [1.807, 2.05) is 26.0 Å². The van der Waals surface area contributed by atoms with Gasteiger partial charge in [0, 0.05) is 24.5 Å². The zero-order valence-corrected chi connectivity index (χ0v) is 17.4. The van der Waals surface area contributed by atoms with E-state index in [1.165, 1.54) is 6.07 Å². The number of rotatable bonds is 6. The molecule has 2 N–H and O–H groups in total. The molecule has 0 fully saturated rings. The van der Waals surface area contributed by atoms with Gasteiger partial charge in [0.1, 0.15) is 0 Å². The molecule has 0 saturated carbocycles. The first-order valence-corrected chi connectivity index (χ1v) is 10.6. The van der Waals surface area contributed by atoms with Crippen molar-refractivity contribution in [2.24, 2.45) is 0 Å². The average molecular weight is 410 g/mol. The zero-order valence-electron chi connectivity index (χ0n) is 16.6. The first-order chi connectivity index (χ1) is 13.8. The van der Waals surface area contributed by atoms with Gasteiger partial charge < -0.3 is 5.32 Å². The number of aromatic nitrogens is 1. The van der Waals surface area contributed by atoms with Gasteiger partial charge in [-0.25, -0.2) is 8.42 Å². The molecular weight excluding hydrogens is 386 g/mol. The van der Waals surface area contributed by atoms with Gasteiger partial charge in [0.05, 0.1) is 10.6 Å². The third-order valence-electron chi connectivity index (χ3n) is 4.57. The number of amides is 1. The van der Waals surface area contributed by atoms with Gasteiger partial charge in [-0.05, 0) is 67.8 Å². The highest BCUT2D eigenvalue weighted by Crippen LogP contribution is 2.23. The van der Waals surface area contributed by atoms with Gasteiger partial charge in [-0.3, -0.25) is 14.5 Å². The molecule has 6 nitrogen and oxygen atoms in total. The highest BCUT2D eigenvalue weighted by atomic mass is 32.2. The second-order valence-electron chi connectivity index (χ2n) is 6.94. The molecule has 1 heterocycles. The van der Waals surface area contributed by atoms with Crippen LogP contribution in [-0.4, -0.2) is 19.3 Å². The largest absolute Gasteiger partial charge is 0.348 e. The van der Waals surface area contributed by atoms with E-state index in [0.717, 1.165) is 16.7 Å². The van der Waals surface area contributed by atoms with Crippen LogP contribution in [0.2, 0.25) is 0 Å². The molecule has 0 saturated heterocycles. The number of pyridine rings is 1. The molecule has 29 heavy (non-hydrogen) atoms. The lowest BCUT2D eigenvalue weighted by molar-refractivity contribution is 0.0950. The van der Waals surface area contributed by atoms with E-state index in [0.29, 0.717) is 17.8 Å². The van der Waals surface area contributed by atoms with Crippen molar-refractivity contribution in [2.45, 2.75) is 32.2 Å². The maximum absolute atomic E-state index is 13.0. The Labute approximate surface area is 171 Å². The van der Waals surface area contributed by atoms with Crippen molar-refractivity contribution < 1.29 is 13.2 Å². The summed E-state index contributed by atoms with van der Waals surface area (Å²) >= 11 is 0. The van der Waals surface area contributed by atoms with Gasteiger partial charge in [0.25, 0.3) is 15.9 Å². The molecular formula is C22H23N3O3S. The summed E-state index contributed by atoms with van der Waals surface area (Å²) in [5, 5.41) is 2.80. The number of hydrogen-bond acceptors (Lipinski definition) is 4. The van der Waals surface area contributed by atoms with Crippen LogP contribution in [-0.2, 0) is 16.6 Å². The van der Waals surface area contributed by atoms with Crippen LogP contribution < -0.4 is 10.0 Å². The Morgan fingerprint density at radius 2 is 1.66 bits per heavy atom. The van der Waals surface area contributed by atoms with Gasteiger partial charge in [-0.1, -0.05) is 23.8 Å². The minimum absolute atomic E-state index is 0.0778. The quantitative estimate of drug-likeness (QED) is 0.649. The topological polar surface area (TPSA) is 88.2 Å². The minimum Gasteiger partial charge on any atom is -0.348 e. The second-order valence-corrected chi connectivity index (χ2v) is 8.59. The van der Waals surface area contributed by atoms with Crippen LogP contribution in [0.4, 0.5) is 5.69 Å². The van der Waals surface area contributed by atoms with Gasteiger partial charge >= 0.3 is 0 Å². The number of benzene rings is 2. The summed E-state index contributed by atoms with van der Waals surface area (Å²) in [6.45, 7) is 5.83. The van der Waals surface area contributed by atoms with Gasteiger partial charge in [0.15, 0.2) is 0 Å². The molecule has 0 atom stereocenters. The third-order valence-corrected chi connectivity index (χ3v) is 6.08. The number of aryl methyl sites for hydroxylation is 3. The van der Waals surface area contributed by atoms with E-state index in [-0.39, 0.29) is 16.4 Å². The molecule has 1 amide bonds. The van der Waals surface area contributed by atoms with Gasteiger partial charge in [0.2, 0.25) is 0 Å². The fourth-order valence-electron chi connectivity index (χ4n) is 2.94. The molecule has 0 spiro atoms. The van der Waals surface area contributed by atoms with Crippen LogP contribution in [0, 0.1) is 20.8 Å². The van der Waals surface area contributed by atoms with E-state index in [9.17, 15) is 13.2 Å². The average Bonchev–Trinajstić information content (AvgIpc) is 2.69. The van der Waals surface area contributed by atoms with Crippen molar-refractivity contribution in [1.82, 2.24) is 10.3 Å². The molecule has 2 aromatic carbocycles. The Balaban J connectivity index is 1.83. The van der Waals surface area contributed by atoms with E-state index in [2.05, 4.69) is 15.0 Å². The first-order valence-electron chi connectivity index (χ1n) is 9.14. The highest BCUT2D eigenvalue weighted by molar-refractivity contribution is 7.92. The van der Waals surface area contributed by atoms with E-state index < -0.39 is 10.0 Å². The Hall–Kier alpha value is -3.19. The lowest BCUT2D eigenvalue weighted by Gasteiger charge is -2.14. The highest BCUT2D eigenvalue weighted by Gasteiger charge is 2.20. The smallest absolute Gasteiger partial charge is 0.262 e. The normalized spacial score (nSPS) is 11.1. The summed E-state index contributed by atoms with van der Waals surface area (Å²) in [4.78, 5) is 16.5.